The van der Waals surface area contributed by atoms with Gasteiger partial charge < -0.3 is 11.1 Å². The van der Waals surface area contributed by atoms with Gasteiger partial charge in [-0.25, -0.2) is 0 Å². The predicted molar refractivity (Wildman–Crippen MR) is 78.8 cm³/mol. The quantitative estimate of drug-likeness (QED) is 0.381. The summed E-state index contributed by atoms with van der Waals surface area (Å²) in [7, 11) is 1.62. The second kappa shape index (κ2) is 5.93. The maximum absolute atomic E-state index is 9.23. The van der Waals surface area contributed by atoms with Crippen molar-refractivity contribution in [1.29, 1.82) is 0 Å². The van der Waals surface area contributed by atoms with E-state index in [1.165, 1.54) is 24.0 Å². The van der Waals surface area contributed by atoms with Crippen molar-refractivity contribution in [1.82, 2.24) is 0 Å². The highest BCUT2D eigenvalue weighted by Crippen LogP contribution is 2.35. The summed E-state index contributed by atoms with van der Waals surface area (Å²) in [5, 5.41) is 12.2. The van der Waals surface area contributed by atoms with Crippen LogP contribution in [0.5, 0.6) is 0 Å². The first kappa shape index (κ1) is 13.7. The zero-order valence-corrected chi connectivity index (χ0v) is 11.5. The van der Waals surface area contributed by atoms with Crippen molar-refractivity contribution < 1.29 is 5.21 Å². The number of nitrogens with two attached hydrogens (primary N) is 1. The zero-order valence-electron chi connectivity index (χ0n) is 11.5. The largest absolute Gasteiger partial charge is 0.370 e. The molecule has 1 aromatic carbocycles. The topological polar surface area (TPSA) is 82.7 Å². The third-order valence-electron chi connectivity index (χ3n) is 3.68. The molecule has 1 aliphatic carbocycles. The van der Waals surface area contributed by atoms with Crippen LogP contribution in [0.2, 0.25) is 0 Å². The number of rotatable bonds is 4. The molecule has 0 fully saturated rings. The van der Waals surface area contributed by atoms with Crippen LogP contribution in [-0.2, 0) is 12.8 Å². The number of guanidine groups is 1. The van der Waals surface area contributed by atoms with Crippen LogP contribution >= 0.6 is 0 Å². The fourth-order valence-corrected chi connectivity index (χ4v) is 2.77. The van der Waals surface area contributed by atoms with Crippen molar-refractivity contribution in [2.75, 3.05) is 17.8 Å². The van der Waals surface area contributed by atoms with Crippen LogP contribution in [0, 0.1) is 5.92 Å². The minimum atomic E-state index is 0.333. The summed E-state index contributed by atoms with van der Waals surface area (Å²) in [4.78, 5) is 3.87. The molecule has 0 heterocycles. The fraction of sp³-hybridized carbons (Fsp3) is 0.500. The molecule has 104 valence electrons. The Labute approximate surface area is 113 Å². The molecule has 0 saturated heterocycles. The number of hydrogen-bond acceptors (Lipinski definition) is 3. The van der Waals surface area contributed by atoms with E-state index in [-0.39, 0.29) is 0 Å². The van der Waals surface area contributed by atoms with Gasteiger partial charge in [-0.3, -0.25) is 15.7 Å². The molecule has 19 heavy (non-hydrogen) atoms. The van der Waals surface area contributed by atoms with Gasteiger partial charge >= 0.3 is 0 Å². The third-order valence-corrected chi connectivity index (χ3v) is 3.68. The van der Waals surface area contributed by atoms with Crippen LogP contribution in [0.15, 0.2) is 17.1 Å². The maximum Gasteiger partial charge on any atom is 0.192 e. The Hall–Kier alpha value is -1.75. The van der Waals surface area contributed by atoms with Crippen LogP contribution < -0.4 is 16.5 Å². The third kappa shape index (κ3) is 2.98. The first-order valence-corrected chi connectivity index (χ1v) is 6.73. The van der Waals surface area contributed by atoms with Crippen molar-refractivity contribution in [2.24, 2.45) is 16.6 Å². The number of fused-ring (bicyclic) bond motifs is 1. The molecule has 2 rings (SSSR count). The van der Waals surface area contributed by atoms with Gasteiger partial charge in [0.1, 0.15) is 0 Å². The van der Waals surface area contributed by atoms with Gasteiger partial charge in [0, 0.05) is 7.05 Å². The molecule has 0 aromatic heterocycles. The smallest absolute Gasteiger partial charge is 0.192 e. The summed E-state index contributed by atoms with van der Waals surface area (Å²) in [6.07, 6.45) is 4.66. The van der Waals surface area contributed by atoms with Gasteiger partial charge in [-0.1, -0.05) is 19.8 Å². The molecular weight excluding hydrogens is 240 g/mol. The first-order chi connectivity index (χ1) is 9.17. The molecular formula is C14H22N4O. The van der Waals surface area contributed by atoms with Crippen molar-refractivity contribution in [3.8, 4) is 0 Å². The molecule has 1 unspecified atom stereocenters. The van der Waals surface area contributed by atoms with Crippen molar-refractivity contribution in [3.05, 3.63) is 23.3 Å². The lowest BCUT2D eigenvalue weighted by atomic mass is 10.0. The lowest BCUT2D eigenvalue weighted by Crippen LogP contribution is -2.22. The van der Waals surface area contributed by atoms with Crippen LogP contribution in [0.25, 0.3) is 0 Å². The monoisotopic (exact) mass is 262 g/mol. The number of nitrogens with one attached hydrogen (secondary N) is 2. The Bertz CT molecular complexity index is 485. The molecule has 5 N–H and O–H groups in total. The van der Waals surface area contributed by atoms with Crippen molar-refractivity contribution in [3.63, 3.8) is 0 Å². The van der Waals surface area contributed by atoms with E-state index in [0.29, 0.717) is 11.6 Å². The summed E-state index contributed by atoms with van der Waals surface area (Å²) in [6.45, 7) is 2.22. The number of aliphatic imine (C=N–C) groups is 1. The minimum Gasteiger partial charge on any atom is -0.370 e. The van der Waals surface area contributed by atoms with E-state index in [2.05, 4.69) is 28.8 Å². The molecule has 0 amide bonds. The Morgan fingerprint density at radius 3 is 2.53 bits per heavy atom. The average molecular weight is 262 g/mol. The van der Waals surface area contributed by atoms with Crippen molar-refractivity contribution >= 4 is 17.3 Å². The summed E-state index contributed by atoms with van der Waals surface area (Å²) >= 11 is 0. The number of nitrogens with zero attached hydrogens (tertiary/aromatic N) is 1. The number of anilines is 2. The lowest BCUT2D eigenvalue weighted by molar-refractivity contribution is 0.389. The van der Waals surface area contributed by atoms with Crippen molar-refractivity contribution in [2.45, 2.75) is 32.6 Å². The highest BCUT2D eigenvalue weighted by Gasteiger charge is 2.22. The molecule has 1 aromatic rings. The Morgan fingerprint density at radius 1 is 1.37 bits per heavy atom. The second-order valence-electron chi connectivity index (χ2n) is 5.08. The SMILES string of the molecule is CCCC1Cc2cc(NO)c(NC(N)=NC)cc2C1. The van der Waals surface area contributed by atoms with Crippen LogP contribution in [0.3, 0.4) is 0 Å². The van der Waals surface area contributed by atoms with Crippen LogP contribution in [-0.4, -0.2) is 18.2 Å². The maximum atomic E-state index is 9.23. The minimum absolute atomic E-state index is 0.333. The van der Waals surface area contributed by atoms with E-state index in [0.717, 1.165) is 24.4 Å². The van der Waals surface area contributed by atoms with Gasteiger partial charge in [0.05, 0.1) is 11.4 Å². The number of hydrogen-bond donors (Lipinski definition) is 4. The van der Waals surface area contributed by atoms with Gasteiger partial charge in [-0.15, -0.1) is 0 Å². The molecule has 0 saturated carbocycles. The highest BCUT2D eigenvalue weighted by atomic mass is 16.5. The zero-order chi connectivity index (χ0) is 13.8. The average Bonchev–Trinajstić information content (AvgIpc) is 2.79. The van der Waals surface area contributed by atoms with E-state index >= 15 is 0 Å². The Balaban J connectivity index is 2.25. The molecule has 0 spiro atoms. The molecule has 5 heteroatoms. The first-order valence-electron chi connectivity index (χ1n) is 6.73. The van der Waals surface area contributed by atoms with E-state index in [1.54, 1.807) is 7.05 Å². The predicted octanol–water partition coefficient (Wildman–Crippen LogP) is 2.36. The second-order valence-corrected chi connectivity index (χ2v) is 5.08. The normalized spacial score (nSPS) is 18.3. The molecule has 1 aliphatic rings. The Kier molecular flexibility index (Phi) is 4.27. The number of benzene rings is 1. The summed E-state index contributed by atoms with van der Waals surface area (Å²) in [6, 6.07) is 4.05. The molecule has 1 atom stereocenters. The van der Waals surface area contributed by atoms with E-state index in [1.807, 2.05) is 6.07 Å². The Morgan fingerprint density at radius 2 is 2.00 bits per heavy atom. The van der Waals surface area contributed by atoms with Gasteiger partial charge in [0.2, 0.25) is 0 Å². The summed E-state index contributed by atoms with van der Waals surface area (Å²) in [5.41, 5.74) is 12.0. The highest BCUT2D eigenvalue weighted by molar-refractivity contribution is 5.95. The van der Waals surface area contributed by atoms with Gasteiger partial charge in [-0.2, -0.15) is 0 Å². The van der Waals surface area contributed by atoms with Crippen LogP contribution in [0.1, 0.15) is 30.9 Å². The molecule has 0 bridgehead atoms. The molecule has 0 aliphatic heterocycles. The fourth-order valence-electron chi connectivity index (χ4n) is 2.77. The van der Waals surface area contributed by atoms with Gasteiger partial charge in [0.25, 0.3) is 0 Å². The molecule has 5 nitrogen and oxygen atoms in total. The lowest BCUT2D eigenvalue weighted by Gasteiger charge is -2.12. The van der Waals surface area contributed by atoms with Gasteiger partial charge in [0.15, 0.2) is 5.96 Å². The van der Waals surface area contributed by atoms with Crippen LogP contribution in [0.4, 0.5) is 11.4 Å². The standard InChI is InChI=1S/C14H22N4O/c1-3-4-9-5-10-7-12(17-14(15)16-2)13(18-19)8-11(10)6-9/h7-9,18-19H,3-6H2,1-2H3,(H3,15,16,17). The summed E-state index contributed by atoms with van der Waals surface area (Å²) in [5.74, 6) is 1.05. The van der Waals surface area contributed by atoms with E-state index < -0.39 is 0 Å². The summed E-state index contributed by atoms with van der Waals surface area (Å²) < 4.78 is 0. The van der Waals surface area contributed by atoms with Gasteiger partial charge in [-0.05, 0) is 42.0 Å². The van der Waals surface area contributed by atoms with E-state index in [4.69, 9.17) is 5.73 Å². The molecule has 0 radical (unpaired) electrons. The van der Waals surface area contributed by atoms with E-state index in [9.17, 15) is 5.21 Å².